The molecule has 20 heavy (non-hydrogen) atoms. The van der Waals surface area contributed by atoms with Crippen molar-refractivity contribution in [3.8, 4) is 0 Å². The third-order valence-corrected chi connectivity index (χ3v) is 3.70. The molecule has 2 nitrogen and oxygen atoms in total. The zero-order valence-electron chi connectivity index (χ0n) is 10.9. The van der Waals surface area contributed by atoms with Gasteiger partial charge in [-0.05, 0) is 24.1 Å². The summed E-state index contributed by atoms with van der Waals surface area (Å²) in [6, 6.07) is 12.0. The molecule has 1 atom stereocenters. The van der Waals surface area contributed by atoms with E-state index in [4.69, 9.17) is 23.2 Å². The molecule has 0 bridgehead atoms. The Morgan fingerprint density at radius 3 is 2.20 bits per heavy atom. The molecule has 2 aromatic rings. The molecule has 0 aliphatic carbocycles. The largest absolute Gasteiger partial charge is 0.388 e. The Balaban J connectivity index is 2.46. The van der Waals surface area contributed by atoms with Gasteiger partial charge in [0, 0.05) is 5.56 Å². The molecule has 2 aromatic carbocycles. The van der Waals surface area contributed by atoms with Gasteiger partial charge in [0.2, 0.25) is 0 Å². The zero-order chi connectivity index (χ0) is 14.7. The molecule has 4 heteroatoms. The van der Waals surface area contributed by atoms with Gasteiger partial charge in [0.1, 0.15) is 0 Å². The Morgan fingerprint density at radius 1 is 1.15 bits per heavy atom. The fourth-order valence-corrected chi connectivity index (χ4v) is 2.65. The van der Waals surface area contributed by atoms with Gasteiger partial charge in [-0.1, -0.05) is 60.5 Å². The van der Waals surface area contributed by atoms with Crippen molar-refractivity contribution in [3.05, 3.63) is 69.2 Å². The molecule has 0 amide bonds. The summed E-state index contributed by atoms with van der Waals surface area (Å²) in [5, 5.41) is 10.3. The second-order valence-electron chi connectivity index (χ2n) is 4.48. The molecule has 0 aromatic heterocycles. The quantitative estimate of drug-likeness (QED) is 0.833. The zero-order valence-corrected chi connectivity index (χ0v) is 12.4. The van der Waals surface area contributed by atoms with Crippen molar-refractivity contribution in [2.45, 2.75) is 19.4 Å². The van der Waals surface area contributed by atoms with E-state index in [2.05, 4.69) is 0 Å². The molecular weight excluding hydrogens is 295 g/mol. The first-order valence-corrected chi connectivity index (χ1v) is 7.07. The lowest BCUT2D eigenvalue weighted by Crippen LogP contribution is -2.05. The summed E-state index contributed by atoms with van der Waals surface area (Å²) < 4.78 is 0. The fourth-order valence-electron chi connectivity index (χ4n) is 1.97. The van der Waals surface area contributed by atoms with Crippen molar-refractivity contribution >= 4 is 29.0 Å². The molecule has 1 N–H and O–H groups in total. The average molecular weight is 309 g/mol. The summed E-state index contributed by atoms with van der Waals surface area (Å²) in [5.41, 5.74) is 1.42. The van der Waals surface area contributed by atoms with Gasteiger partial charge in [-0.25, -0.2) is 0 Å². The molecule has 104 valence electrons. The van der Waals surface area contributed by atoms with Gasteiger partial charge in [-0.15, -0.1) is 0 Å². The summed E-state index contributed by atoms with van der Waals surface area (Å²) in [6.45, 7) is 1.86. The number of hydrogen-bond acceptors (Lipinski definition) is 2. The Kier molecular flexibility index (Phi) is 4.81. The van der Waals surface area contributed by atoms with Gasteiger partial charge in [-0.2, -0.15) is 0 Å². The lowest BCUT2D eigenvalue weighted by atomic mass is 9.99. The van der Waals surface area contributed by atoms with Gasteiger partial charge in [0.25, 0.3) is 0 Å². The second kappa shape index (κ2) is 6.40. The molecule has 0 saturated carbocycles. The fraction of sp³-hybridized carbons (Fsp3) is 0.188. The van der Waals surface area contributed by atoms with Crippen LogP contribution in [0.5, 0.6) is 0 Å². The van der Waals surface area contributed by atoms with Crippen LogP contribution in [0.4, 0.5) is 0 Å². The lowest BCUT2D eigenvalue weighted by Gasteiger charge is -2.12. The van der Waals surface area contributed by atoms with Gasteiger partial charge < -0.3 is 5.11 Å². The van der Waals surface area contributed by atoms with E-state index in [1.54, 1.807) is 36.4 Å². The molecule has 0 saturated heterocycles. The highest BCUT2D eigenvalue weighted by Crippen LogP contribution is 2.31. The lowest BCUT2D eigenvalue weighted by molar-refractivity contribution is 0.103. The van der Waals surface area contributed by atoms with E-state index in [9.17, 15) is 9.90 Å². The molecular formula is C16H14Cl2O2. The number of carbonyl (C=O) groups excluding carboxylic acids is 1. The third kappa shape index (κ3) is 3.04. The van der Waals surface area contributed by atoms with Crippen molar-refractivity contribution < 1.29 is 9.90 Å². The standard InChI is InChI=1S/C16H14Cl2O2/c1-2-14(19)11-8-12(17)15(13(18)9-11)16(20)10-6-4-3-5-7-10/h3-9,14,19H,2H2,1H3/t14-/m0/s1. The minimum Gasteiger partial charge on any atom is -0.388 e. The number of aliphatic hydroxyl groups excluding tert-OH is 1. The van der Waals surface area contributed by atoms with Crippen LogP contribution in [0.2, 0.25) is 10.0 Å². The first kappa shape index (κ1) is 15.0. The number of benzene rings is 2. The maximum absolute atomic E-state index is 12.4. The number of ketones is 1. The van der Waals surface area contributed by atoms with E-state index in [1.807, 2.05) is 13.0 Å². The molecule has 0 fully saturated rings. The summed E-state index contributed by atoms with van der Waals surface area (Å²) in [7, 11) is 0. The highest BCUT2D eigenvalue weighted by atomic mass is 35.5. The maximum Gasteiger partial charge on any atom is 0.196 e. The molecule has 2 rings (SSSR count). The van der Waals surface area contributed by atoms with Crippen molar-refractivity contribution in [1.82, 2.24) is 0 Å². The van der Waals surface area contributed by atoms with Crippen LogP contribution in [-0.4, -0.2) is 10.9 Å². The highest BCUT2D eigenvalue weighted by molar-refractivity contribution is 6.41. The predicted octanol–water partition coefficient (Wildman–Crippen LogP) is 4.67. The van der Waals surface area contributed by atoms with Crippen LogP contribution in [0.25, 0.3) is 0 Å². The smallest absolute Gasteiger partial charge is 0.196 e. The first-order valence-electron chi connectivity index (χ1n) is 6.31. The topological polar surface area (TPSA) is 37.3 Å². The van der Waals surface area contributed by atoms with E-state index in [-0.39, 0.29) is 21.4 Å². The van der Waals surface area contributed by atoms with Crippen molar-refractivity contribution in [2.24, 2.45) is 0 Å². The Morgan fingerprint density at radius 2 is 1.70 bits per heavy atom. The van der Waals surface area contributed by atoms with E-state index in [0.717, 1.165) is 0 Å². The number of rotatable bonds is 4. The van der Waals surface area contributed by atoms with E-state index < -0.39 is 6.10 Å². The summed E-state index contributed by atoms with van der Waals surface area (Å²) >= 11 is 12.3. The number of halogens is 2. The minimum atomic E-state index is -0.633. The molecule has 0 heterocycles. The van der Waals surface area contributed by atoms with Gasteiger partial charge in [0.15, 0.2) is 5.78 Å². The SMILES string of the molecule is CC[C@H](O)c1cc(Cl)c(C(=O)c2ccccc2)c(Cl)c1. The van der Waals surface area contributed by atoms with Crippen LogP contribution in [-0.2, 0) is 0 Å². The van der Waals surface area contributed by atoms with E-state index in [1.165, 1.54) is 0 Å². The van der Waals surface area contributed by atoms with Crippen LogP contribution in [0, 0.1) is 0 Å². The Bertz CT molecular complexity index is 601. The van der Waals surface area contributed by atoms with Gasteiger partial charge in [0.05, 0.1) is 21.7 Å². The van der Waals surface area contributed by atoms with Crippen molar-refractivity contribution in [3.63, 3.8) is 0 Å². The van der Waals surface area contributed by atoms with Crippen LogP contribution in [0.15, 0.2) is 42.5 Å². The highest BCUT2D eigenvalue weighted by Gasteiger charge is 2.19. The summed E-state index contributed by atoms with van der Waals surface area (Å²) in [6.07, 6.45) is -0.0792. The first-order chi connectivity index (χ1) is 9.54. The van der Waals surface area contributed by atoms with Gasteiger partial charge >= 0.3 is 0 Å². The maximum atomic E-state index is 12.4. The minimum absolute atomic E-state index is 0.224. The van der Waals surface area contributed by atoms with E-state index >= 15 is 0 Å². The summed E-state index contributed by atoms with van der Waals surface area (Å²) in [5.74, 6) is -0.224. The molecule has 0 aliphatic rings. The van der Waals surface area contributed by atoms with Gasteiger partial charge in [-0.3, -0.25) is 4.79 Å². The van der Waals surface area contributed by atoms with Crippen LogP contribution in [0.1, 0.15) is 40.9 Å². The van der Waals surface area contributed by atoms with Crippen LogP contribution in [0.3, 0.4) is 0 Å². The van der Waals surface area contributed by atoms with Crippen molar-refractivity contribution in [2.75, 3.05) is 0 Å². The predicted molar refractivity (Wildman–Crippen MR) is 81.6 cm³/mol. The Hall–Kier alpha value is -1.35. The van der Waals surface area contributed by atoms with E-state index in [0.29, 0.717) is 17.5 Å². The second-order valence-corrected chi connectivity index (χ2v) is 5.29. The molecule has 0 radical (unpaired) electrons. The van der Waals surface area contributed by atoms with Crippen LogP contribution < -0.4 is 0 Å². The molecule has 0 spiro atoms. The average Bonchev–Trinajstić information content (AvgIpc) is 2.46. The van der Waals surface area contributed by atoms with Crippen molar-refractivity contribution in [1.29, 1.82) is 0 Å². The molecule has 0 unspecified atom stereocenters. The normalized spacial score (nSPS) is 12.2. The molecule has 0 aliphatic heterocycles. The monoisotopic (exact) mass is 308 g/mol. The summed E-state index contributed by atoms with van der Waals surface area (Å²) in [4.78, 5) is 12.4. The van der Waals surface area contributed by atoms with Crippen LogP contribution >= 0.6 is 23.2 Å². The number of carbonyl (C=O) groups is 1. The third-order valence-electron chi connectivity index (χ3n) is 3.10. The number of aliphatic hydroxyl groups is 1. The number of hydrogen-bond donors (Lipinski definition) is 1. The Labute approximate surface area is 128 Å².